The highest BCUT2D eigenvalue weighted by molar-refractivity contribution is 7.98. The van der Waals surface area contributed by atoms with Crippen molar-refractivity contribution in [1.29, 1.82) is 0 Å². The second-order valence-corrected chi connectivity index (χ2v) is 4.89. The summed E-state index contributed by atoms with van der Waals surface area (Å²) in [6, 6.07) is 0. The fourth-order valence-corrected chi connectivity index (χ4v) is 2.77. The number of aliphatic hydroxyl groups is 1. The van der Waals surface area contributed by atoms with Crippen LogP contribution in [0, 0.1) is 0 Å². The van der Waals surface area contributed by atoms with Crippen molar-refractivity contribution >= 4 is 23.1 Å². The lowest BCUT2D eigenvalue weighted by atomic mass is 10.5. The van der Waals surface area contributed by atoms with Gasteiger partial charge in [-0.25, -0.2) is 9.97 Å². The van der Waals surface area contributed by atoms with Crippen molar-refractivity contribution in [1.82, 2.24) is 14.5 Å². The Morgan fingerprint density at radius 2 is 2.40 bits per heavy atom. The molecule has 0 bridgehead atoms. The quantitative estimate of drug-likeness (QED) is 0.827. The van der Waals surface area contributed by atoms with Gasteiger partial charge in [0, 0.05) is 18.6 Å². The highest BCUT2D eigenvalue weighted by Gasteiger charge is 2.06. The first-order valence-electron chi connectivity index (χ1n) is 4.44. The molecule has 0 aliphatic heterocycles. The van der Waals surface area contributed by atoms with Gasteiger partial charge in [-0.1, -0.05) is 11.8 Å². The molecule has 0 spiro atoms. The van der Waals surface area contributed by atoms with Crippen molar-refractivity contribution < 1.29 is 5.11 Å². The van der Waals surface area contributed by atoms with Gasteiger partial charge in [-0.3, -0.25) is 0 Å². The molecule has 2 rings (SSSR count). The Morgan fingerprint density at radius 3 is 3.00 bits per heavy atom. The SMILES string of the molecule is Cn1c(CO)cnc1SCc1nccs1. The zero-order valence-electron chi connectivity index (χ0n) is 8.25. The Balaban J connectivity index is 2.02. The molecule has 6 heteroatoms. The smallest absolute Gasteiger partial charge is 0.168 e. The lowest BCUT2D eigenvalue weighted by Crippen LogP contribution is -1.97. The minimum atomic E-state index is 0.0291. The Kier molecular flexibility index (Phi) is 3.40. The van der Waals surface area contributed by atoms with Crippen LogP contribution in [0.5, 0.6) is 0 Å². The van der Waals surface area contributed by atoms with Gasteiger partial charge >= 0.3 is 0 Å². The van der Waals surface area contributed by atoms with Gasteiger partial charge in [0.15, 0.2) is 5.16 Å². The average Bonchev–Trinajstić information content (AvgIpc) is 2.85. The normalized spacial score (nSPS) is 10.8. The van der Waals surface area contributed by atoms with E-state index in [1.165, 1.54) is 0 Å². The molecule has 0 fully saturated rings. The van der Waals surface area contributed by atoms with Crippen LogP contribution in [0.2, 0.25) is 0 Å². The Labute approximate surface area is 96.0 Å². The first-order chi connectivity index (χ1) is 7.31. The van der Waals surface area contributed by atoms with Gasteiger partial charge in [0.25, 0.3) is 0 Å². The van der Waals surface area contributed by atoms with Gasteiger partial charge in [-0.2, -0.15) is 0 Å². The van der Waals surface area contributed by atoms with Crippen LogP contribution < -0.4 is 0 Å². The van der Waals surface area contributed by atoms with E-state index in [4.69, 9.17) is 5.11 Å². The number of hydrogen-bond acceptors (Lipinski definition) is 5. The summed E-state index contributed by atoms with van der Waals surface area (Å²) in [6.45, 7) is 0.0291. The molecule has 0 saturated carbocycles. The van der Waals surface area contributed by atoms with Gasteiger partial charge in [-0.05, 0) is 0 Å². The van der Waals surface area contributed by atoms with Gasteiger partial charge in [0.05, 0.1) is 24.3 Å². The number of aliphatic hydroxyl groups excluding tert-OH is 1. The van der Waals surface area contributed by atoms with E-state index in [1.54, 1.807) is 35.5 Å². The molecule has 0 saturated heterocycles. The third-order valence-corrected chi connectivity index (χ3v) is 4.03. The van der Waals surface area contributed by atoms with E-state index in [1.807, 2.05) is 17.0 Å². The molecule has 1 N–H and O–H groups in total. The predicted molar refractivity (Wildman–Crippen MR) is 60.8 cm³/mol. The molecule has 2 aromatic heterocycles. The van der Waals surface area contributed by atoms with Crippen LogP contribution in [0.25, 0.3) is 0 Å². The Bertz CT molecular complexity index is 425. The van der Waals surface area contributed by atoms with E-state index < -0.39 is 0 Å². The van der Waals surface area contributed by atoms with Crippen molar-refractivity contribution in [2.24, 2.45) is 7.05 Å². The van der Waals surface area contributed by atoms with Crippen LogP contribution in [-0.2, 0) is 19.4 Å². The molecular weight excluding hydrogens is 230 g/mol. The standard InChI is InChI=1S/C9H11N3OS2/c1-12-7(5-13)4-11-9(12)15-6-8-10-2-3-14-8/h2-4,13H,5-6H2,1H3. The summed E-state index contributed by atoms with van der Waals surface area (Å²) in [5, 5.41) is 13.0. The maximum Gasteiger partial charge on any atom is 0.168 e. The summed E-state index contributed by atoms with van der Waals surface area (Å²) in [7, 11) is 1.91. The summed E-state index contributed by atoms with van der Waals surface area (Å²) in [4.78, 5) is 8.43. The summed E-state index contributed by atoms with van der Waals surface area (Å²) >= 11 is 3.27. The third kappa shape index (κ3) is 2.39. The highest BCUT2D eigenvalue weighted by atomic mass is 32.2. The lowest BCUT2D eigenvalue weighted by Gasteiger charge is -2.01. The number of thiazole rings is 1. The van der Waals surface area contributed by atoms with Crippen LogP contribution >= 0.6 is 23.1 Å². The topological polar surface area (TPSA) is 50.9 Å². The zero-order chi connectivity index (χ0) is 10.7. The van der Waals surface area contributed by atoms with Crippen LogP contribution in [0.3, 0.4) is 0 Å². The molecule has 15 heavy (non-hydrogen) atoms. The second kappa shape index (κ2) is 4.78. The number of hydrogen-bond donors (Lipinski definition) is 1. The molecule has 0 atom stereocenters. The summed E-state index contributed by atoms with van der Waals surface area (Å²) in [5.74, 6) is 0.827. The van der Waals surface area contributed by atoms with Gasteiger partial charge < -0.3 is 9.67 Å². The summed E-state index contributed by atoms with van der Waals surface area (Å²) in [5.41, 5.74) is 0.830. The first-order valence-corrected chi connectivity index (χ1v) is 6.30. The van der Waals surface area contributed by atoms with Gasteiger partial charge in [0.2, 0.25) is 0 Å². The average molecular weight is 241 g/mol. The predicted octanol–water partition coefficient (Wildman–Crippen LogP) is 1.66. The molecule has 0 aliphatic carbocycles. The largest absolute Gasteiger partial charge is 0.390 e. The maximum atomic E-state index is 9.00. The van der Waals surface area contributed by atoms with Crippen LogP contribution in [0.15, 0.2) is 22.9 Å². The minimum absolute atomic E-state index is 0.0291. The molecule has 0 amide bonds. The Morgan fingerprint density at radius 1 is 1.53 bits per heavy atom. The molecule has 0 radical (unpaired) electrons. The molecule has 2 aromatic rings. The van der Waals surface area contributed by atoms with Crippen molar-refractivity contribution in [2.75, 3.05) is 0 Å². The molecule has 2 heterocycles. The van der Waals surface area contributed by atoms with E-state index in [9.17, 15) is 0 Å². The summed E-state index contributed by atoms with van der Waals surface area (Å²) < 4.78 is 1.90. The fraction of sp³-hybridized carbons (Fsp3) is 0.333. The monoisotopic (exact) mass is 241 g/mol. The lowest BCUT2D eigenvalue weighted by molar-refractivity contribution is 0.271. The van der Waals surface area contributed by atoms with Crippen LogP contribution in [0.4, 0.5) is 0 Å². The zero-order valence-corrected chi connectivity index (χ0v) is 9.88. The number of nitrogens with zero attached hydrogens (tertiary/aromatic N) is 3. The van der Waals surface area contributed by atoms with Gasteiger partial charge in [-0.15, -0.1) is 11.3 Å². The number of imidazole rings is 1. The number of aromatic nitrogens is 3. The van der Waals surface area contributed by atoms with Crippen LogP contribution in [-0.4, -0.2) is 19.6 Å². The second-order valence-electron chi connectivity index (χ2n) is 2.96. The fourth-order valence-electron chi connectivity index (χ4n) is 1.16. The molecule has 0 unspecified atom stereocenters. The number of thioether (sulfide) groups is 1. The van der Waals surface area contributed by atoms with E-state index >= 15 is 0 Å². The Hall–Kier alpha value is -0.850. The molecular formula is C9H11N3OS2. The van der Waals surface area contributed by atoms with Crippen molar-refractivity contribution in [2.45, 2.75) is 17.5 Å². The van der Waals surface area contributed by atoms with Crippen molar-refractivity contribution in [3.63, 3.8) is 0 Å². The number of rotatable bonds is 4. The van der Waals surface area contributed by atoms with E-state index in [2.05, 4.69) is 9.97 Å². The van der Waals surface area contributed by atoms with Crippen LogP contribution in [0.1, 0.15) is 10.7 Å². The molecule has 0 aromatic carbocycles. The van der Waals surface area contributed by atoms with Gasteiger partial charge in [0.1, 0.15) is 5.01 Å². The van der Waals surface area contributed by atoms with Crippen molar-refractivity contribution in [3.05, 3.63) is 28.5 Å². The molecule has 80 valence electrons. The third-order valence-electron chi connectivity index (χ3n) is 2.01. The van der Waals surface area contributed by atoms with E-state index in [0.717, 1.165) is 21.6 Å². The minimum Gasteiger partial charge on any atom is -0.390 e. The molecule has 0 aliphatic rings. The van der Waals surface area contributed by atoms with E-state index in [0.29, 0.717) is 0 Å². The summed E-state index contributed by atoms with van der Waals surface area (Å²) in [6.07, 6.45) is 3.50. The van der Waals surface area contributed by atoms with E-state index in [-0.39, 0.29) is 6.61 Å². The molecule has 4 nitrogen and oxygen atoms in total. The first kappa shape index (κ1) is 10.7. The maximum absolute atomic E-state index is 9.00. The highest BCUT2D eigenvalue weighted by Crippen LogP contribution is 2.22. The van der Waals surface area contributed by atoms with Crippen molar-refractivity contribution in [3.8, 4) is 0 Å².